The maximum atomic E-state index is 5.32. The highest BCUT2D eigenvalue weighted by atomic mass is 32.2. The molecule has 0 N–H and O–H groups in total. The summed E-state index contributed by atoms with van der Waals surface area (Å²) in [7, 11) is 0. The molecule has 2 spiro atoms. The predicted octanol–water partition coefficient (Wildman–Crippen LogP) is 29.4. The molecule has 28 rings (SSSR count). The first-order valence-corrected chi connectivity index (χ1v) is 44.9. The number of rotatable bonds is 7. The van der Waals surface area contributed by atoms with Gasteiger partial charge in [0.15, 0.2) is 11.6 Å². The molecule has 2 unspecified atom stereocenters. The van der Waals surface area contributed by atoms with Gasteiger partial charge in [-0.25, -0.2) is 4.98 Å². The number of anilines is 3. The molecule has 5 aliphatic rings. The zero-order valence-corrected chi connectivity index (χ0v) is 70.3. The van der Waals surface area contributed by atoms with Gasteiger partial charge in [0.05, 0.1) is 66.3 Å². The summed E-state index contributed by atoms with van der Waals surface area (Å²) in [4.78, 5) is 23.1. The topological polar surface area (TPSA) is 61.6 Å². The van der Waals surface area contributed by atoms with Crippen LogP contribution in [-0.2, 0) is 16.2 Å². The fourth-order valence-corrected chi connectivity index (χ4v) is 25.3. The van der Waals surface area contributed by atoms with Crippen LogP contribution < -0.4 is 4.90 Å². The van der Waals surface area contributed by atoms with Gasteiger partial charge in [-0.1, -0.05) is 353 Å². The summed E-state index contributed by atoms with van der Waals surface area (Å²) in [5.41, 5.74) is 32.9. The van der Waals surface area contributed by atoms with E-state index in [0.717, 1.165) is 55.7 Å². The molecular weight excluding hydrogens is 1570 g/mol. The first-order chi connectivity index (χ1) is 62.3. The minimum atomic E-state index is -0.614. The normalized spacial score (nSPS) is 15.6. The third-order valence-electron chi connectivity index (χ3n) is 27.8. The summed E-state index contributed by atoms with van der Waals surface area (Å²) in [6, 6.07) is 152. The molecule has 590 valence electrons. The van der Waals surface area contributed by atoms with E-state index in [1.807, 2.05) is 59.9 Å². The van der Waals surface area contributed by atoms with Crippen LogP contribution in [0, 0.1) is 0 Å². The molecular formula is C116H74N8S2. The van der Waals surface area contributed by atoms with E-state index in [4.69, 9.17) is 15.0 Å². The number of nitrogens with zero attached hydrogens (tertiary/aromatic N) is 8. The Morgan fingerprint density at radius 3 is 1.13 bits per heavy atom. The highest BCUT2D eigenvalue weighted by Gasteiger charge is 2.53. The van der Waals surface area contributed by atoms with E-state index < -0.39 is 10.8 Å². The van der Waals surface area contributed by atoms with Crippen molar-refractivity contribution in [3.05, 3.63) is 468 Å². The molecule has 4 aliphatic heterocycles. The Hall–Kier alpha value is -15.3. The van der Waals surface area contributed by atoms with Crippen LogP contribution in [0.5, 0.6) is 0 Å². The molecule has 0 amide bonds. The van der Waals surface area contributed by atoms with Crippen molar-refractivity contribution in [2.24, 2.45) is 0 Å². The minimum absolute atomic E-state index is 0.106. The van der Waals surface area contributed by atoms with Gasteiger partial charge in [-0.2, -0.15) is 9.97 Å². The summed E-state index contributed by atoms with van der Waals surface area (Å²) in [6.07, 6.45) is 0. The second kappa shape index (κ2) is 26.8. The summed E-state index contributed by atoms with van der Waals surface area (Å²) in [5, 5.41) is 9.93. The predicted molar refractivity (Wildman–Crippen MR) is 519 cm³/mol. The molecule has 126 heavy (non-hydrogen) atoms. The average molecular weight is 1640 g/mol. The molecule has 18 aromatic carbocycles. The molecule has 0 bridgehead atoms. The second-order valence-corrected chi connectivity index (χ2v) is 36.4. The summed E-state index contributed by atoms with van der Waals surface area (Å²) >= 11 is 3.78. The van der Waals surface area contributed by atoms with E-state index in [2.05, 4.69) is 413 Å². The number of fused-ring (bicyclic) bond motifs is 33. The molecule has 0 fully saturated rings. The first-order valence-electron chi connectivity index (χ1n) is 43.3. The SMILES string of the molecule is CC1(C)c2ccccc2-c2ccc(N(c3ccccc3)c3ccc(-n4c5ccccc5c5ccc6c(c54)Sc4ccccc4C64c5ccccc5-n5c6ccccc6c6cccc4c65)cc3)cc21.c1ccc(-c2nc(-c3ccccc3)nc(-n3c4ccccc4c4ccc5c(c43)Sc3ccccc3C53c4ccccc4-n4c5ccccc5c5cccc3c54)n2)cc1. The van der Waals surface area contributed by atoms with Crippen LogP contribution in [0.4, 0.5) is 17.1 Å². The van der Waals surface area contributed by atoms with Gasteiger partial charge >= 0.3 is 0 Å². The lowest BCUT2D eigenvalue weighted by Crippen LogP contribution is -2.37. The fraction of sp³-hybridized carbons (Fsp3) is 0.0431. The molecule has 0 saturated heterocycles. The largest absolute Gasteiger partial charge is 0.310 e. The molecule has 8 nitrogen and oxygen atoms in total. The van der Waals surface area contributed by atoms with Gasteiger partial charge in [-0.3, -0.25) is 4.57 Å². The Bertz CT molecular complexity index is 8530. The lowest BCUT2D eigenvalue weighted by molar-refractivity contribution is 0.660. The Kier molecular flexibility index (Phi) is 15.2. The lowest BCUT2D eigenvalue weighted by Gasteiger charge is -2.45. The molecule has 0 radical (unpaired) electrons. The maximum Gasteiger partial charge on any atom is 0.238 e. The highest BCUT2D eigenvalue weighted by molar-refractivity contribution is 8.00. The molecule has 9 heterocycles. The third-order valence-corrected chi connectivity index (χ3v) is 30.2. The molecule has 1 aliphatic carbocycles. The van der Waals surface area contributed by atoms with Crippen molar-refractivity contribution in [3.63, 3.8) is 0 Å². The van der Waals surface area contributed by atoms with Crippen LogP contribution in [0.25, 0.3) is 144 Å². The number of para-hydroxylation sites is 9. The van der Waals surface area contributed by atoms with Crippen LogP contribution >= 0.6 is 23.5 Å². The van der Waals surface area contributed by atoms with Crippen LogP contribution in [0.15, 0.2) is 432 Å². The van der Waals surface area contributed by atoms with Crippen LogP contribution in [0.1, 0.15) is 69.5 Å². The summed E-state index contributed by atoms with van der Waals surface area (Å²) in [5.74, 6) is 1.86. The number of hydrogen-bond donors (Lipinski definition) is 0. The number of benzene rings is 18. The Morgan fingerprint density at radius 2 is 0.619 bits per heavy atom. The zero-order valence-electron chi connectivity index (χ0n) is 68.7. The van der Waals surface area contributed by atoms with Crippen molar-refractivity contribution in [1.29, 1.82) is 0 Å². The second-order valence-electron chi connectivity index (χ2n) is 34.3. The lowest BCUT2D eigenvalue weighted by atomic mass is 9.62. The van der Waals surface area contributed by atoms with E-state index in [9.17, 15) is 0 Å². The van der Waals surface area contributed by atoms with Gasteiger partial charge in [-0.05, 0) is 164 Å². The number of aromatic nitrogens is 7. The average Bonchev–Trinajstić information content (AvgIpc) is 1.29. The standard InChI is InChI=1S/C64H43N3S.C52H31N5S/c1-63(2)50-23-9-6-19-44(50)45-36-35-43(39-55(45)63)65(40-17-4-3-5-18-40)41-31-33-42(34-32-41)66-56-27-12-7-21-47(56)49-37-38-54-62(61(49)66)68-59-30-15-11-25-52(59)64(54)51-24-10-14-29-58(51)67-57-28-13-8-20-46(57)48-22-16-26-53(64)60(48)67;1-3-16-32(17-4-1)49-53-50(33-18-5-2-6-19-33)55-51(54-49)57-43-27-12-8-21-35(43)37-30-31-41-48(47(37)57)58-45-29-14-10-24-39(45)52(41)38-23-9-13-28-44(38)56-42-26-11-7-20-34(42)36-22-15-25-40(52)46(36)56/h3-39H,1-2H3;1-31H. The van der Waals surface area contributed by atoms with Crippen LogP contribution in [0.2, 0.25) is 0 Å². The monoisotopic (exact) mass is 1640 g/mol. The Labute approximate surface area is 735 Å². The van der Waals surface area contributed by atoms with E-state index in [-0.39, 0.29) is 5.41 Å². The smallest absolute Gasteiger partial charge is 0.238 e. The quantitative estimate of drug-likeness (QED) is 0.158. The van der Waals surface area contributed by atoms with Crippen LogP contribution in [-0.4, -0.2) is 33.2 Å². The molecule has 0 saturated carbocycles. The molecule has 23 aromatic rings. The van der Waals surface area contributed by atoms with Gasteiger partial charge in [0.1, 0.15) is 0 Å². The van der Waals surface area contributed by atoms with Crippen molar-refractivity contribution in [2.75, 3.05) is 4.90 Å². The van der Waals surface area contributed by atoms with Gasteiger partial charge in [-0.15, -0.1) is 0 Å². The Morgan fingerprint density at radius 1 is 0.246 bits per heavy atom. The fourth-order valence-electron chi connectivity index (χ4n) is 22.6. The molecule has 2 atom stereocenters. The Balaban J connectivity index is 0.000000133. The van der Waals surface area contributed by atoms with E-state index in [1.165, 1.54) is 163 Å². The van der Waals surface area contributed by atoms with E-state index in [0.29, 0.717) is 17.6 Å². The van der Waals surface area contributed by atoms with E-state index in [1.54, 1.807) is 0 Å². The zero-order chi connectivity index (χ0) is 82.8. The summed E-state index contributed by atoms with van der Waals surface area (Å²) in [6.45, 7) is 4.72. The van der Waals surface area contributed by atoms with Crippen LogP contribution in [0.3, 0.4) is 0 Å². The van der Waals surface area contributed by atoms with E-state index >= 15 is 0 Å². The van der Waals surface area contributed by atoms with Gasteiger partial charge in [0.2, 0.25) is 5.95 Å². The van der Waals surface area contributed by atoms with Crippen molar-refractivity contribution in [1.82, 2.24) is 33.2 Å². The highest BCUT2D eigenvalue weighted by Crippen LogP contribution is 2.65. The third kappa shape index (κ3) is 9.68. The molecule has 10 heteroatoms. The maximum absolute atomic E-state index is 5.32. The van der Waals surface area contributed by atoms with Gasteiger partial charge < -0.3 is 18.6 Å². The minimum Gasteiger partial charge on any atom is -0.310 e. The van der Waals surface area contributed by atoms with Crippen molar-refractivity contribution in [2.45, 2.75) is 49.7 Å². The van der Waals surface area contributed by atoms with Crippen molar-refractivity contribution < 1.29 is 0 Å². The van der Waals surface area contributed by atoms with Crippen molar-refractivity contribution >= 4 is 128 Å². The van der Waals surface area contributed by atoms with Crippen molar-refractivity contribution in [3.8, 4) is 56.9 Å². The van der Waals surface area contributed by atoms with Gasteiger partial charge in [0.25, 0.3) is 0 Å². The summed E-state index contributed by atoms with van der Waals surface area (Å²) < 4.78 is 9.87. The first kappa shape index (κ1) is 71.3. The molecule has 5 aromatic heterocycles. The number of hydrogen-bond acceptors (Lipinski definition) is 6. The van der Waals surface area contributed by atoms with Gasteiger partial charge in [0, 0.05) is 102 Å².